The molecule has 3 heterocycles. The number of nitrogens with zero attached hydrogens (tertiary/aromatic N) is 1. The van der Waals surface area contributed by atoms with E-state index in [1.165, 1.54) is 30.4 Å². The van der Waals surface area contributed by atoms with Crippen LogP contribution in [0, 0.1) is 6.92 Å². The second-order valence-electron chi connectivity index (χ2n) is 6.30. The molecule has 0 unspecified atom stereocenters. The van der Waals surface area contributed by atoms with Gasteiger partial charge in [0.2, 0.25) is 0 Å². The van der Waals surface area contributed by atoms with E-state index < -0.39 is 0 Å². The molecular formula is C17H22N2OS. The summed E-state index contributed by atoms with van der Waals surface area (Å²) >= 11 is 1.90. The van der Waals surface area contributed by atoms with Gasteiger partial charge in [0, 0.05) is 24.0 Å². The van der Waals surface area contributed by atoms with Gasteiger partial charge >= 0.3 is 0 Å². The summed E-state index contributed by atoms with van der Waals surface area (Å²) in [4.78, 5) is 4.06. The zero-order valence-corrected chi connectivity index (χ0v) is 13.3. The molecule has 1 aliphatic carbocycles. The van der Waals surface area contributed by atoms with Gasteiger partial charge in [-0.3, -0.25) is 4.90 Å². The Kier molecular flexibility index (Phi) is 3.61. The summed E-state index contributed by atoms with van der Waals surface area (Å²) in [5.41, 5.74) is 2.79. The number of aryl methyl sites for hydroxylation is 1. The van der Waals surface area contributed by atoms with Gasteiger partial charge in [-0.2, -0.15) is 0 Å². The summed E-state index contributed by atoms with van der Waals surface area (Å²) in [6, 6.07) is 5.22. The lowest BCUT2D eigenvalue weighted by Crippen LogP contribution is -2.28. The summed E-state index contributed by atoms with van der Waals surface area (Å²) in [5, 5.41) is 5.75. The van der Waals surface area contributed by atoms with Gasteiger partial charge in [-0.05, 0) is 54.8 Å². The summed E-state index contributed by atoms with van der Waals surface area (Å²) in [5.74, 6) is 2.23. The van der Waals surface area contributed by atoms with E-state index in [1.54, 1.807) is 4.88 Å². The van der Waals surface area contributed by atoms with Crippen LogP contribution < -0.4 is 5.32 Å². The lowest BCUT2D eigenvalue weighted by molar-refractivity contribution is 0.225. The van der Waals surface area contributed by atoms with Crippen molar-refractivity contribution in [2.24, 2.45) is 0 Å². The van der Waals surface area contributed by atoms with E-state index in [-0.39, 0.29) is 0 Å². The van der Waals surface area contributed by atoms with E-state index >= 15 is 0 Å². The van der Waals surface area contributed by atoms with Crippen LogP contribution in [0.3, 0.4) is 0 Å². The third-order valence-corrected chi connectivity index (χ3v) is 5.49. The highest BCUT2D eigenvalue weighted by atomic mass is 32.1. The molecule has 1 fully saturated rings. The van der Waals surface area contributed by atoms with Crippen LogP contribution in [-0.2, 0) is 26.1 Å². The van der Waals surface area contributed by atoms with Crippen molar-refractivity contribution in [3.8, 4) is 0 Å². The maximum atomic E-state index is 6.06. The standard InChI is InChI=1S/C17H22N2OS/c1-12-8-15(20-16(12)9-18-14-2-3-14)11-19-6-4-17-13(10-19)5-7-21-17/h5,7-8,14,18H,2-4,6,9-11H2,1H3. The summed E-state index contributed by atoms with van der Waals surface area (Å²) in [7, 11) is 0. The van der Waals surface area contributed by atoms with Crippen molar-refractivity contribution in [3.63, 3.8) is 0 Å². The molecule has 3 nitrogen and oxygen atoms in total. The Morgan fingerprint density at radius 3 is 3.19 bits per heavy atom. The van der Waals surface area contributed by atoms with Crippen molar-refractivity contribution in [1.29, 1.82) is 0 Å². The molecule has 1 N–H and O–H groups in total. The average molecular weight is 302 g/mol. The summed E-state index contributed by atoms with van der Waals surface area (Å²) in [6.07, 6.45) is 3.83. The fraction of sp³-hybridized carbons (Fsp3) is 0.529. The van der Waals surface area contributed by atoms with Gasteiger partial charge in [-0.15, -0.1) is 11.3 Å². The number of hydrogen-bond donors (Lipinski definition) is 1. The van der Waals surface area contributed by atoms with Gasteiger partial charge in [0.15, 0.2) is 0 Å². The predicted molar refractivity (Wildman–Crippen MR) is 85.4 cm³/mol. The fourth-order valence-corrected chi connectivity index (χ4v) is 3.92. The van der Waals surface area contributed by atoms with E-state index in [1.807, 2.05) is 11.3 Å². The number of fused-ring (bicyclic) bond motifs is 1. The largest absolute Gasteiger partial charge is 0.463 e. The molecule has 0 saturated heterocycles. The van der Waals surface area contributed by atoms with Crippen LogP contribution in [0.4, 0.5) is 0 Å². The second-order valence-corrected chi connectivity index (χ2v) is 7.30. The summed E-state index contributed by atoms with van der Waals surface area (Å²) in [6.45, 7) is 6.17. The minimum Gasteiger partial charge on any atom is -0.463 e. The highest BCUT2D eigenvalue weighted by molar-refractivity contribution is 7.10. The van der Waals surface area contributed by atoms with Crippen LogP contribution in [0.25, 0.3) is 0 Å². The first-order valence-corrected chi connectivity index (χ1v) is 8.75. The topological polar surface area (TPSA) is 28.4 Å². The first-order valence-electron chi connectivity index (χ1n) is 7.87. The van der Waals surface area contributed by atoms with E-state index in [4.69, 9.17) is 4.42 Å². The molecule has 4 rings (SSSR count). The lowest BCUT2D eigenvalue weighted by Gasteiger charge is -2.25. The number of rotatable bonds is 5. The minimum atomic E-state index is 0.733. The first-order chi connectivity index (χ1) is 10.3. The molecule has 0 bridgehead atoms. The lowest BCUT2D eigenvalue weighted by atomic mass is 10.1. The van der Waals surface area contributed by atoms with Crippen molar-refractivity contribution < 1.29 is 4.42 Å². The molecule has 0 spiro atoms. The highest BCUT2D eigenvalue weighted by Crippen LogP contribution is 2.26. The Balaban J connectivity index is 1.39. The first kappa shape index (κ1) is 13.6. The third kappa shape index (κ3) is 3.07. The smallest absolute Gasteiger partial charge is 0.120 e. The number of hydrogen-bond acceptors (Lipinski definition) is 4. The van der Waals surface area contributed by atoms with Crippen LogP contribution in [0.1, 0.15) is 40.4 Å². The van der Waals surface area contributed by atoms with Crippen molar-refractivity contribution in [2.75, 3.05) is 6.54 Å². The van der Waals surface area contributed by atoms with Gasteiger partial charge in [0.25, 0.3) is 0 Å². The third-order valence-electron chi connectivity index (χ3n) is 4.47. The van der Waals surface area contributed by atoms with Crippen LogP contribution in [0.2, 0.25) is 0 Å². The molecule has 1 saturated carbocycles. The van der Waals surface area contributed by atoms with Crippen LogP contribution >= 0.6 is 11.3 Å². The molecule has 0 amide bonds. The molecule has 1 aliphatic heterocycles. The Bertz CT molecular complexity index is 627. The van der Waals surface area contributed by atoms with Gasteiger partial charge in [-0.1, -0.05) is 0 Å². The van der Waals surface area contributed by atoms with Gasteiger partial charge in [0.1, 0.15) is 11.5 Å². The molecule has 2 aromatic rings. The molecule has 2 aliphatic rings. The zero-order chi connectivity index (χ0) is 14.2. The van der Waals surface area contributed by atoms with Crippen molar-refractivity contribution in [3.05, 3.63) is 45.0 Å². The maximum absolute atomic E-state index is 6.06. The monoisotopic (exact) mass is 302 g/mol. The van der Waals surface area contributed by atoms with E-state index in [9.17, 15) is 0 Å². The van der Waals surface area contributed by atoms with E-state index in [0.29, 0.717) is 0 Å². The normalized spacial score (nSPS) is 18.9. The molecule has 112 valence electrons. The van der Waals surface area contributed by atoms with Crippen molar-refractivity contribution >= 4 is 11.3 Å². The van der Waals surface area contributed by atoms with Crippen molar-refractivity contribution in [2.45, 2.75) is 51.9 Å². The SMILES string of the molecule is Cc1cc(CN2CCc3sccc3C2)oc1CNC1CC1. The Labute approximate surface area is 130 Å². The number of nitrogens with one attached hydrogen (secondary N) is 1. The molecule has 2 aromatic heterocycles. The fourth-order valence-electron chi connectivity index (χ4n) is 3.03. The molecule has 4 heteroatoms. The second kappa shape index (κ2) is 5.59. The Morgan fingerprint density at radius 1 is 1.43 bits per heavy atom. The molecular weight excluding hydrogens is 280 g/mol. The van der Waals surface area contributed by atoms with Crippen molar-refractivity contribution in [1.82, 2.24) is 10.2 Å². The van der Waals surface area contributed by atoms with Crippen LogP contribution in [0.15, 0.2) is 21.9 Å². The van der Waals surface area contributed by atoms with E-state index in [0.717, 1.165) is 43.7 Å². The molecule has 0 atom stereocenters. The van der Waals surface area contributed by atoms with Gasteiger partial charge < -0.3 is 9.73 Å². The van der Waals surface area contributed by atoms with E-state index in [2.05, 4.69) is 34.7 Å². The Hall–Kier alpha value is -1.10. The molecule has 0 aromatic carbocycles. The quantitative estimate of drug-likeness (QED) is 0.917. The minimum absolute atomic E-state index is 0.733. The average Bonchev–Trinajstić information content (AvgIpc) is 3.07. The number of thiophene rings is 1. The molecule has 0 radical (unpaired) electrons. The predicted octanol–water partition coefficient (Wildman–Crippen LogP) is 3.46. The number of furan rings is 1. The zero-order valence-electron chi connectivity index (χ0n) is 12.5. The summed E-state index contributed by atoms with van der Waals surface area (Å²) < 4.78 is 6.06. The Morgan fingerprint density at radius 2 is 2.33 bits per heavy atom. The maximum Gasteiger partial charge on any atom is 0.120 e. The van der Waals surface area contributed by atoms with Crippen LogP contribution in [-0.4, -0.2) is 17.5 Å². The van der Waals surface area contributed by atoms with Gasteiger partial charge in [0.05, 0.1) is 13.1 Å². The highest BCUT2D eigenvalue weighted by Gasteiger charge is 2.22. The van der Waals surface area contributed by atoms with Gasteiger partial charge in [-0.25, -0.2) is 0 Å². The van der Waals surface area contributed by atoms with Crippen LogP contribution in [0.5, 0.6) is 0 Å². The molecule has 21 heavy (non-hydrogen) atoms.